The third-order valence-corrected chi connectivity index (χ3v) is 1.33. The molecule has 0 aromatic heterocycles. The largest absolute Gasteiger partial charge is 0.412 e. The molecule has 0 fully saturated rings. The molecule has 0 aliphatic heterocycles. The molecule has 1 rings (SSSR count). The van der Waals surface area contributed by atoms with Crippen LogP contribution in [0.5, 0.6) is 0 Å². The molecule has 1 aliphatic carbocycles. The molecule has 3 nitrogen and oxygen atoms in total. The molecular formula is C8H18IrO3. The van der Waals surface area contributed by atoms with E-state index in [2.05, 4.69) is 24.3 Å². The van der Waals surface area contributed by atoms with Crippen LogP contribution in [-0.2, 0) is 20.1 Å². The van der Waals surface area contributed by atoms with Gasteiger partial charge in [0, 0.05) is 20.1 Å². The van der Waals surface area contributed by atoms with Crippen molar-refractivity contribution >= 4 is 0 Å². The molecule has 0 saturated carbocycles. The number of hydrogen-bond acceptors (Lipinski definition) is 0. The van der Waals surface area contributed by atoms with Gasteiger partial charge in [0.05, 0.1) is 0 Å². The van der Waals surface area contributed by atoms with Crippen molar-refractivity contribution in [3.63, 3.8) is 0 Å². The average molecular weight is 354 g/mol. The third kappa shape index (κ3) is 12.7. The van der Waals surface area contributed by atoms with Crippen LogP contribution in [0.25, 0.3) is 0 Å². The van der Waals surface area contributed by atoms with Crippen molar-refractivity contribution in [1.29, 1.82) is 0 Å². The zero-order valence-corrected chi connectivity index (χ0v) is 9.37. The van der Waals surface area contributed by atoms with E-state index in [1.54, 1.807) is 0 Å². The molecule has 0 aromatic rings. The van der Waals surface area contributed by atoms with Crippen LogP contribution in [0.1, 0.15) is 25.7 Å². The van der Waals surface area contributed by atoms with E-state index in [1.807, 2.05) is 0 Å². The van der Waals surface area contributed by atoms with Crippen LogP contribution in [0.3, 0.4) is 0 Å². The summed E-state index contributed by atoms with van der Waals surface area (Å²) in [6, 6.07) is 0. The standard InChI is InChI=1S/C8H12.Ir.3H2O/c1-2-4-6-8-7-5-3-1;;;;/h1-2,7-8H,3-6H2;;3*1H2. The molecule has 0 heterocycles. The van der Waals surface area contributed by atoms with Gasteiger partial charge in [-0.25, -0.2) is 0 Å². The summed E-state index contributed by atoms with van der Waals surface area (Å²) in [4.78, 5) is 0. The molecule has 77 valence electrons. The number of allylic oxidation sites excluding steroid dienone is 4. The van der Waals surface area contributed by atoms with Crippen LogP contribution in [0.15, 0.2) is 24.3 Å². The van der Waals surface area contributed by atoms with E-state index in [0.29, 0.717) is 0 Å². The average Bonchev–Trinajstić information content (AvgIpc) is 1.62. The van der Waals surface area contributed by atoms with Gasteiger partial charge >= 0.3 is 0 Å². The first kappa shape index (κ1) is 22.7. The topological polar surface area (TPSA) is 94.5 Å². The fourth-order valence-corrected chi connectivity index (χ4v) is 0.856. The van der Waals surface area contributed by atoms with Crippen molar-refractivity contribution in [1.82, 2.24) is 0 Å². The summed E-state index contributed by atoms with van der Waals surface area (Å²) in [7, 11) is 0. The Morgan fingerprint density at radius 1 is 0.500 bits per heavy atom. The molecule has 0 spiro atoms. The first-order valence-corrected chi connectivity index (χ1v) is 3.30. The predicted octanol–water partition coefficient (Wildman–Crippen LogP) is 0.196. The maximum Gasteiger partial charge on any atom is 0 e. The van der Waals surface area contributed by atoms with Gasteiger partial charge in [0.15, 0.2) is 0 Å². The molecule has 12 heavy (non-hydrogen) atoms. The Morgan fingerprint density at radius 2 is 0.667 bits per heavy atom. The zero-order chi connectivity index (χ0) is 5.66. The van der Waals surface area contributed by atoms with Gasteiger partial charge in [0.25, 0.3) is 0 Å². The quantitative estimate of drug-likeness (QED) is 0.556. The monoisotopic (exact) mass is 355 g/mol. The molecule has 0 unspecified atom stereocenters. The first-order chi connectivity index (χ1) is 4.00. The molecule has 0 bridgehead atoms. The molecular weight excluding hydrogens is 336 g/mol. The maximum atomic E-state index is 2.27. The van der Waals surface area contributed by atoms with Crippen LogP contribution in [0.2, 0.25) is 0 Å². The molecule has 0 amide bonds. The van der Waals surface area contributed by atoms with E-state index >= 15 is 0 Å². The van der Waals surface area contributed by atoms with E-state index in [9.17, 15) is 0 Å². The number of hydrogen-bond donors (Lipinski definition) is 0. The molecule has 0 aromatic carbocycles. The molecule has 0 saturated heterocycles. The van der Waals surface area contributed by atoms with Gasteiger partial charge in [-0.05, 0) is 25.7 Å². The van der Waals surface area contributed by atoms with Crippen molar-refractivity contribution in [3.8, 4) is 0 Å². The Hall–Kier alpha value is 0.00935. The minimum absolute atomic E-state index is 0. The molecule has 4 heteroatoms. The Kier molecular flexibility index (Phi) is 32.5. The van der Waals surface area contributed by atoms with Gasteiger partial charge in [-0.15, -0.1) is 0 Å². The van der Waals surface area contributed by atoms with E-state index in [0.717, 1.165) is 0 Å². The Bertz CT molecular complexity index is 86.9. The molecule has 1 aliphatic rings. The van der Waals surface area contributed by atoms with Crippen LogP contribution in [-0.4, -0.2) is 16.4 Å². The van der Waals surface area contributed by atoms with Gasteiger partial charge in [-0.2, -0.15) is 0 Å². The maximum absolute atomic E-state index is 2.27. The predicted molar refractivity (Wildman–Crippen MR) is 47.6 cm³/mol. The van der Waals surface area contributed by atoms with E-state index < -0.39 is 0 Å². The molecule has 1 radical (unpaired) electrons. The van der Waals surface area contributed by atoms with Crippen molar-refractivity contribution in [2.45, 2.75) is 25.7 Å². The third-order valence-electron chi connectivity index (χ3n) is 1.33. The van der Waals surface area contributed by atoms with E-state index in [1.165, 1.54) is 25.7 Å². The molecule has 0 atom stereocenters. The van der Waals surface area contributed by atoms with Gasteiger partial charge in [-0.1, -0.05) is 24.3 Å². The van der Waals surface area contributed by atoms with Gasteiger partial charge in [0.1, 0.15) is 0 Å². The summed E-state index contributed by atoms with van der Waals surface area (Å²) in [5.41, 5.74) is 0. The van der Waals surface area contributed by atoms with Crippen LogP contribution in [0, 0.1) is 0 Å². The van der Waals surface area contributed by atoms with Crippen molar-refractivity contribution in [2.24, 2.45) is 0 Å². The second kappa shape index (κ2) is 17.2. The van der Waals surface area contributed by atoms with Gasteiger partial charge < -0.3 is 16.4 Å². The Balaban J connectivity index is -0.0000000800. The Labute approximate surface area is 86.8 Å². The Morgan fingerprint density at radius 3 is 0.833 bits per heavy atom. The fraction of sp³-hybridized carbons (Fsp3) is 0.500. The van der Waals surface area contributed by atoms with E-state index in [4.69, 9.17) is 0 Å². The summed E-state index contributed by atoms with van der Waals surface area (Å²) in [5, 5.41) is 0. The second-order valence-corrected chi connectivity index (χ2v) is 2.10. The van der Waals surface area contributed by atoms with Crippen LogP contribution >= 0.6 is 0 Å². The van der Waals surface area contributed by atoms with E-state index in [-0.39, 0.29) is 36.5 Å². The second-order valence-electron chi connectivity index (χ2n) is 2.10. The molecule has 6 N–H and O–H groups in total. The van der Waals surface area contributed by atoms with Gasteiger partial charge in [-0.3, -0.25) is 0 Å². The summed E-state index contributed by atoms with van der Waals surface area (Å²) < 4.78 is 0. The van der Waals surface area contributed by atoms with Crippen molar-refractivity contribution in [2.75, 3.05) is 0 Å². The van der Waals surface area contributed by atoms with Crippen molar-refractivity contribution in [3.05, 3.63) is 24.3 Å². The fourth-order valence-electron chi connectivity index (χ4n) is 0.856. The minimum Gasteiger partial charge on any atom is -0.412 e. The minimum atomic E-state index is 0. The zero-order valence-electron chi connectivity index (χ0n) is 6.97. The summed E-state index contributed by atoms with van der Waals surface area (Å²) in [6.07, 6.45) is 14.0. The SMILES string of the molecule is C1=CCCC=CCC1.O.O.O.[Ir]. The smallest absolute Gasteiger partial charge is 0 e. The van der Waals surface area contributed by atoms with Gasteiger partial charge in [0.2, 0.25) is 0 Å². The first-order valence-electron chi connectivity index (χ1n) is 3.30. The summed E-state index contributed by atoms with van der Waals surface area (Å²) in [5.74, 6) is 0. The summed E-state index contributed by atoms with van der Waals surface area (Å²) >= 11 is 0. The number of rotatable bonds is 0. The van der Waals surface area contributed by atoms with Crippen LogP contribution in [0.4, 0.5) is 0 Å². The van der Waals surface area contributed by atoms with Crippen LogP contribution < -0.4 is 0 Å². The van der Waals surface area contributed by atoms with Crippen molar-refractivity contribution < 1.29 is 36.5 Å². The summed E-state index contributed by atoms with van der Waals surface area (Å²) in [6.45, 7) is 0. The normalized spacial score (nSPS) is 13.3.